The third-order valence-corrected chi connectivity index (χ3v) is 4.28. The number of nitrogens with one attached hydrogen (secondary N) is 1. The van der Waals surface area contributed by atoms with Gasteiger partial charge < -0.3 is 19.7 Å². The molecule has 29 heavy (non-hydrogen) atoms. The van der Waals surface area contributed by atoms with Gasteiger partial charge in [-0.15, -0.1) is 10.2 Å². The summed E-state index contributed by atoms with van der Waals surface area (Å²) in [6, 6.07) is 14.5. The number of carbonyl (C=O) groups is 2. The Morgan fingerprint density at radius 2 is 1.90 bits per heavy atom. The maximum absolute atomic E-state index is 11.9. The van der Waals surface area contributed by atoms with Crippen LogP contribution in [0.3, 0.4) is 0 Å². The van der Waals surface area contributed by atoms with Crippen molar-refractivity contribution in [3.63, 3.8) is 0 Å². The number of ether oxygens (including phenoxy) is 1. The number of fused-ring (bicyclic) bond motifs is 1. The van der Waals surface area contributed by atoms with Gasteiger partial charge in [-0.3, -0.25) is 9.59 Å². The number of hydrogen-bond acceptors (Lipinski definition) is 5. The zero-order chi connectivity index (χ0) is 20.8. The first-order chi connectivity index (χ1) is 14.0. The maximum atomic E-state index is 11.9. The highest BCUT2D eigenvalue weighted by Gasteiger charge is 2.14. The van der Waals surface area contributed by atoms with E-state index in [0.29, 0.717) is 11.1 Å². The van der Waals surface area contributed by atoms with Gasteiger partial charge >= 0.3 is 0 Å². The molecule has 2 amide bonds. The van der Waals surface area contributed by atoms with Crippen LogP contribution < -0.4 is 10.1 Å². The monoisotopic (exact) mass is 392 g/mol. The number of amides is 2. The number of para-hydroxylation sites is 2. The van der Waals surface area contributed by atoms with Gasteiger partial charge in [0.15, 0.2) is 5.69 Å². The van der Waals surface area contributed by atoms with Crippen molar-refractivity contribution in [2.45, 2.75) is 0 Å². The second kappa shape index (κ2) is 8.83. The molecule has 0 aliphatic heterocycles. The van der Waals surface area contributed by atoms with Gasteiger partial charge in [-0.25, -0.2) is 0 Å². The van der Waals surface area contributed by atoms with E-state index < -0.39 is 11.8 Å². The van der Waals surface area contributed by atoms with Gasteiger partial charge in [-0.2, -0.15) is 0 Å². The summed E-state index contributed by atoms with van der Waals surface area (Å²) in [4.78, 5) is 23.9. The van der Waals surface area contributed by atoms with Gasteiger partial charge in [-0.1, -0.05) is 36.4 Å². The average Bonchev–Trinajstić information content (AvgIpc) is 2.99. The minimum Gasteiger partial charge on any atom is -0.496 e. The Balaban J connectivity index is 1.61. The Kier molecular flexibility index (Phi) is 6.03. The van der Waals surface area contributed by atoms with Crippen molar-refractivity contribution >= 4 is 34.5 Å². The first-order valence-electron chi connectivity index (χ1n) is 8.81. The molecule has 0 radical (unpaired) electrons. The molecule has 1 aromatic heterocycles. The molecule has 0 aliphatic rings. The summed E-state index contributed by atoms with van der Waals surface area (Å²) in [5, 5.41) is 20.8. The lowest BCUT2D eigenvalue weighted by atomic mass is 10.2. The van der Waals surface area contributed by atoms with E-state index in [1.165, 1.54) is 6.08 Å². The molecule has 3 rings (SSSR count). The summed E-state index contributed by atoms with van der Waals surface area (Å²) in [5.74, 6) is -0.549. The molecular formula is C21H20N4O4. The van der Waals surface area contributed by atoms with E-state index >= 15 is 0 Å². The number of hydrogen-bond donors (Lipinski definition) is 2. The van der Waals surface area contributed by atoms with Gasteiger partial charge in [0, 0.05) is 24.1 Å². The maximum Gasteiger partial charge on any atom is 0.283 e. The number of nitrogens with zero attached hydrogens (tertiary/aromatic N) is 3. The van der Waals surface area contributed by atoms with Gasteiger partial charge in [0.05, 0.1) is 12.6 Å². The lowest BCUT2D eigenvalue weighted by molar-refractivity contribution is -0.122. The van der Waals surface area contributed by atoms with Gasteiger partial charge in [0.1, 0.15) is 12.3 Å². The summed E-state index contributed by atoms with van der Waals surface area (Å²) in [6.45, 7) is -0.315. The molecule has 8 nitrogen and oxygen atoms in total. The van der Waals surface area contributed by atoms with Gasteiger partial charge in [0.25, 0.3) is 5.91 Å². The highest BCUT2D eigenvalue weighted by atomic mass is 16.5. The van der Waals surface area contributed by atoms with Crippen molar-refractivity contribution in [1.29, 1.82) is 0 Å². The SMILES string of the molecule is COc1ccccc1/C=C/C(=O)NCC(=O)N=Nc1c(O)n(C)c2ccccc12. The molecule has 0 aliphatic carbocycles. The Bertz CT molecular complexity index is 1120. The van der Waals surface area contributed by atoms with Crippen molar-refractivity contribution in [3.05, 3.63) is 60.2 Å². The molecule has 0 saturated heterocycles. The third-order valence-electron chi connectivity index (χ3n) is 4.28. The molecule has 0 spiro atoms. The largest absolute Gasteiger partial charge is 0.496 e. The van der Waals surface area contributed by atoms with E-state index in [0.717, 1.165) is 11.1 Å². The van der Waals surface area contributed by atoms with Crippen LogP contribution in [0.1, 0.15) is 5.56 Å². The summed E-state index contributed by atoms with van der Waals surface area (Å²) in [7, 11) is 3.23. The highest BCUT2D eigenvalue weighted by molar-refractivity contribution is 5.96. The first-order valence-corrected chi connectivity index (χ1v) is 8.81. The standard InChI is InChI=1S/C21H20N4O4/c1-25-16-9-5-4-8-15(16)20(21(25)28)24-23-19(27)13-22-18(26)12-11-14-7-3-6-10-17(14)29-2/h3-12,28H,13H2,1-2H3,(H,22,26)/b12-11+,24-23?. The van der Waals surface area contributed by atoms with Crippen LogP contribution in [0.4, 0.5) is 5.69 Å². The zero-order valence-corrected chi connectivity index (χ0v) is 16.0. The molecule has 2 aromatic carbocycles. The molecule has 3 aromatic rings. The number of benzene rings is 2. The molecular weight excluding hydrogens is 372 g/mol. The van der Waals surface area contributed by atoms with Crippen molar-refractivity contribution in [2.24, 2.45) is 17.3 Å². The van der Waals surface area contributed by atoms with Crippen LogP contribution >= 0.6 is 0 Å². The van der Waals surface area contributed by atoms with Crippen LogP contribution in [-0.2, 0) is 16.6 Å². The summed E-state index contributed by atoms with van der Waals surface area (Å²) in [5.41, 5.74) is 1.71. The number of carbonyl (C=O) groups excluding carboxylic acids is 2. The van der Waals surface area contributed by atoms with Crippen molar-refractivity contribution in [3.8, 4) is 11.6 Å². The minimum atomic E-state index is -0.642. The van der Waals surface area contributed by atoms with Crippen LogP contribution in [0.15, 0.2) is 64.8 Å². The van der Waals surface area contributed by atoms with Crippen LogP contribution in [0.2, 0.25) is 0 Å². The molecule has 1 heterocycles. The lowest BCUT2D eigenvalue weighted by Gasteiger charge is -2.03. The van der Waals surface area contributed by atoms with E-state index in [1.54, 1.807) is 49.1 Å². The Morgan fingerprint density at radius 3 is 2.69 bits per heavy atom. The van der Waals surface area contributed by atoms with Crippen LogP contribution in [0.25, 0.3) is 17.0 Å². The highest BCUT2D eigenvalue weighted by Crippen LogP contribution is 2.37. The fraction of sp³-hybridized carbons (Fsp3) is 0.143. The molecule has 2 N–H and O–H groups in total. The Hall–Kier alpha value is -3.94. The topological polar surface area (TPSA) is 105 Å². The molecule has 0 atom stereocenters. The minimum absolute atomic E-state index is 0.0912. The van der Waals surface area contributed by atoms with Crippen molar-refractivity contribution < 1.29 is 19.4 Å². The van der Waals surface area contributed by atoms with E-state index in [1.807, 2.05) is 24.3 Å². The van der Waals surface area contributed by atoms with E-state index in [-0.39, 0.29) is 18.1 Å². The average molecular weight is 392 g/mol. The zero-order valence-electron chi connectivity index (χ0n) is 16.0. The normalized spacial score (nSPS) is 11.4. The van der Waals surface area contributed by atoms with Crippen LogP contribution in [0, 0.1) is 0 Å². The number of aromatic nitrogens is 1. The van der Waals surface area contributed by atoms with E-state index in [9.17, 15) is 14.7 Å². The fourth-order valence-corrected chi connectivity index (χ4v) is 2.79. The van der Waals surface area contributed by atoms with E-state index in [4.69, 9.17) is 4.74 Å². The van der Waals surface area contributed by atoms with Crippen LogP contribution in [-0.4, -0.2) is 35.1 Å². The summed E-state index contributed by atoms with van der Waals surface area (Å²) < 4.78 is 6.76. The molecule has 8 heteroatoms. The number of aromatic hydroxyl groups is 1. The van der Waals surface area contributed by atoms with Crippen LogP contribution in [0.5, 0.6) is 11.6 Å². The number of aryl methyl sites for hydroxylation is 1. The van der Waals surface area contributed by atoms with Crippen molar-refractivity contribution in [2.75, 3.05) is 13.7 Å². The molecule has 0 saturated carbocycles. The Morgan fingerprint density at radius 1 is 1.17 bits per heavy atom. The summed E-state index contributed by atoms with van der Waals surface area (Å²) >= 11 is 0. The fourth-order valence-electron chi connectivity index (χ4n) is 2.79. The predicted octanol–water partition coefficient (Wildman–Crippen LogP) is 3.33. The predicted molar refractivity (Wildman–Crippen MR) is 109 cm³/mol. The van der Waals surface area contributed by atoms with Crippen molar-refractivity contribution in [1.82, 2.24) is 9.88 Å². The third kappa shape index (κ3) is 4.49. The van der Waals surface area contributed by atoms with Gasteiger partial charge in [0.2, 0.25) is 11.8 Å². The van der Waals surface area contributed by atoms with E-state index in [2.05, 4.69) is 15.5 Å². The molecule has 148 valence electrons. The second-order valence-electron chi connectivity index (χ2n) is 6.14. The second-order valence-corrected chi connectivity index (χ2v) is 6.14. The molecule has 0 fully saturated rings. The quantitative estimate of drug-likeness (QED) is 0.496. The number of methoxy groups -OCH3 is 1. The smallest absolute Gasteiger partial charge is 0.283 e. The first kappa shape index (κ1) is 19.8. The summed E-state index contributed by atoms with van der Waals surface area (Å²) in [6.07, 6.45) is 2.90. The molecule has 0 unspecified atom stereocenters. The molecule has 0 bridgehead atoms. The lowest BCUT2D eigenvalue weighted by Crippen LogP contribution is -2.26. The number of rotatable bonds is 6. The number of azo groups is 1. The van der Waals surface area contributed by atoms with Gasteiger partial charge in [-0.05, 0) is 18.2 Å². The Labute approximate surface area is 167 Å².